The zero-order chi connectivity index (χ0) is 14.5. The number of thiophene rings is 1. The molecule has 1 aromatic carbocycles. The number of alkyl halides is 2. The SMILES string of the molecule is FC(F)Oc1ccc(Br)cc1CNCc1cc(Br)cs1. The van der Waals surface area contributed by atoms with Gasteiger partial charge in [-0.05, 0) is 40.2 Å². The summed E-state index contributed by atoms with van der Waals surface area (Å²) >= 11 is 8.35. The summed E-state index contributed by atoms with van der Waals surface area (Å²) in [5, 5.41) is 5.22. The van der Waals surface area contributed by atoms with Crippen molar-refractivity contribution in [2.24, 2.45) is 0 Å². The van der Waals surface area contributed by atoms with Crippen molar-refractivity contribution in [3.05, 3.63) is 49.0 Å². The van der Waals surface area contributed by atoms with Gasteiger partial charge in [0.25, 0.3) is 0 Å². The van der Waals surface area contributed by atoms with E-state index in [1.54, 1.807) is 23.5 Å². The third-order valence-electron chi connectivity index (χ3n) is 2.48. The van der Waals surface area contributed by atoms with Crippen molar-refractivity contribution in [1.29, 1.82) is 0 Å². The quantitative estimate of drug-likeness (QED) is 0.688. The molecule has 0 saturated heterocycles. The Morgan fingerprint density at radius 3 is 2.60 bits per heavy atom. The summed E-state index contributed by atoms with van der Waals surface area (Å²) in [6.45, 7) is -1.68. The molecule has 0 unspecified atom stereocenters. The molecule has 7 heteroatoms. The molecule has 1 heterocycles. The highest BCUT2D eigenvalue weighted by Gasteiger charge is 2.10. The Balaban J connectivity index is 1.98. The van der Waals surface area contributed by atoms with Gasteiger partial charge in [0.05, 0.1) is 0 Å². The monoisotopic (exact) mass is 425 g/mol. The van der Waals surface area contributed by atoms with Crippen molar-refractivity contribution in [1.82, 2.24) is 5.32 Å². The maximum absolute atomic E-state index is 12.3. The van der Waals surface area contributed by atoms with Crippen LogP contribution in [0.3, 0.4) is 0 Å². The molecule has 0 aliphatic carbocycles. The van der Waals surface area contributed by atoms with E-state index in [-0.39, 0.29) is 5.75 Å². The van der Waals surface area contributed by atoms with E-state index >= 15 is 0 Å². The van der Waals surface area contributed by atoms with Crippen molar-refractivity contribution in [3.63, 3.8) is 0 Å². The third kappa shape index (κ3) is 4.80. The lowest BCUT2D eigenvalue weighted by Crippen LogP contribution is -2.14. The minimum absolute atomic E-state index is 0.197. The molecule has 108 valence electrons. The Labute approximate surface area is 136 Å². The zero-order valence-corrected chi connectivity index (χ0v) is 14.2. The summed E-state index contributed by atoms with van der Waals surface area (Å²) in [6.07, 6.45) is 0. The molecule has 0 radical (unpaired) electrons. The van der Waals surface area contributed by atoms with Crippen LogP contribution in [0.5, 0.6) is 5.75 Å². The summed E-state index contributed by atoms with van der Waals surface area (Å²) < 4.78 is 31.0. The first-order valence-corrected chi connectivity index (χ1v) is 8.18. The Morgan fingerprint density at radius 1 is 1.15 bits per heavy atom. The van der Waals surface area contributed by atoms with Crippen LogP contribution in [0, 0.1) is 0 Å². The molecule has 2 nitrogen and oxygen atoms in total. The van der Waals surface area contributed by atoms with Crippen LogP contribution < -0.4 is 10.1 Å². The Hall–Kier alpha value is -0.500. The Bertz CT molecular complexity index is 577. The van der Waals surface area contributed by atoms with Crippen LogP contribution in [0.2, 0.25) is 0 Å². The summed E-state index contributed by atoms with van der Waals surface area (Å²) in [6, 6.07) is 7.01. The molecule has 1 aromatic heterocycles. The molecule has 20 heavy (non-hydrogen) atoms. The fourth-order valence-corrected chi connectivity index (χ4v) is 3.49. The average molecular weight is 427 g/mol. The normalized spacial score (nSPS) is 11.1. The van der Waals surface area contributed by atoms with E-state index in [0.29, 0.717) is 18.7 Å². The summed E-state index contributed by atoms with van der Waals surface area (Å²) in [5.41, 5.74) is 0.690. The molecule has 1 N–H and O–H groups in total. The van der Waals surface area contributed by atoms with Crippen LogP contribution in [-0.2, 0) is 13.1 Å². The number of halogens is 4. The number of ether oxygens (including phenoxy) is 1. The number of benzene rings is 1. The van der Waals surface area contributed by atoms with Gasteiger partial charge in [0.1, 0.15) is 5.75 Å². The average Bonchev–Trinajstić information content (AvgIpc) is 2.78. The van der Waals surface area contributed by atoms with Gasteiger partial charge in [0.2, 0.25) is 0 Å². The Morgan fingerprint density at radius 2 is 1.95 bits per heavy atom. The van der Waals surface area contributed by atoms with Gasteiger partial charge in [-0.2, -0.15) is 8.78 Å². The highest BCUT2D eigenvalue weighted by Crippen LogP contribution is 2.25. The number of hydrogen-bond donors (Lipinski definition) is 1. The second-order valence-electron chi connectivity index (χ2n) is 3.97. The van der Waals surface area contributed by atoms with Crippen molar-refractivity contribution >= 4 is 43.2 Å². The van der Waals surface area contributed by atoms with Crippen molar-refractivity contribution in [2.45, 2.75) is 19.7 Å². The van der Waals surface area contributed by atoms with Crippen LogP contribution in [0.4, 0.5) is 8.78 Å². The smallest absolute Gasteiger partial charge is 0.387 e. The minimum atomic E-state index is -2.82. The van der Waals surface area contributed by atoms with Gasteiger partial charge in [-0.3, -0.25) is 0 Å². The molecule has 2 aromatic rings. The molecule has 0 amide bonds. The lowest BCUT2D eigenvalue weighted by atomic mass is 10.2. The molecule has 0 saturated carbocycles. The first kappa shape index (κ1) is 15.9. The van der Waals surface area contributed by atoms with E-state index in [0.717, 1.165) is 8.95 Å². The molecular weight excluding hydrogens is 416 g/mol. The van der Waals surface area contributed by atoms with E-state index in [9.17, 15) is 8.78 Å². The molecule has 0 spiro atoms. The van der Waals surface area contributed by atoms with Crippen LogP contribution in [0.1, 0.15) is 10.4 Å². The second kappa shape index (κ2) is 7.49. The maximum Gasteiger partial charge on any atom is 0.387 e. The molecular formula is C13H11Br2F2NOS. The first-order chi connectivity index (χ1) is 9.54. The highest BCUT2D eigenvalue weighted by molar-refractivity contribution is 9.10. The van der Waals surface area contributed by atoms with E-state index in [1.165, 1.54) is 10.9 Å². The van der Waals surface area contributed by atoms with E-state index in [2.05, 4.69) is 41.9 Å². The fraction of sp³-hybridized carbons (Fsp3) is 0.231. The van der Waals surface area contributed by atoms with Crippen molar-refractivity contribution < 1.29 is 13.5 Å². The lowest BCUT2D eigenvalue weighted by Gasteiger charge is -2.11. The molecule has 0 bridgehead atoms. The van der Waals surface area contributed by atoms with E-state index < -0.39 is 6.61 Å². The third-order valence-corrected chi connectivity index (χ3v) is 4.67. The number of nitrogens with one attached hydrogen (secondary N) is 1. The van der Waals surface area contributed by atoms with Gasteiger partial charge in [-0.15, -0.1) is 11.3 Å². The second-order valence-corrected chi connectivity index (χ2v) is 6.79. The minimum Gasteiger partial charge on any atom is -0.434 e. The fourth-order valence-electron chi connectivity index (χ4n) is 1.66. The molecule has 0 atom stereocenters. The molecule has 0 fully saturated rings. The number of rotatable bonds is 6. The largest absolute Gasteiger partial charge is 0.434 e. The molecule has 0 aliphatic heterocycles. The van der Waals surface area contributed by atoms with Crippen molar-refractivity contribution in [2.75, 3.05) is 0 Å². The highest BCUT2D eigenvalue weighted by atomic mass is 79.9. The van der Waals surface area contributed by atoms with Gasteiger partial charge >= 0.3 is 6.61 Å². The standard InChI is InChI=1S/C13H11Br2F2NOS/c14-9-1-2-12(19-13(16)17)8(3-9)5-18-6-11-4-10(15)7-20-11/h1-4,7,13,18H,5-6H2. The van der Waals surface area contributed by atoms with Crippen LogP contribution in [-0.4, -0.2) is 6.61 Å². The predicted octanol–water partition coefficient (Wildman–Crippen LogP) is 5.16. The van der Waals surface area contributed by atoms with Crippen LogP contribution in [0.15, 0.2) is 38.6 Å². The zero-order valence-electron chi connectivity index (χ0n) is 10.2. The van der Waals surface area contributed by atoms with Gasteiger partial charge in [-0.25, -0.2) is 0 Å². The Kier molecular flexibility index (Phi) is 5.95. The van der Waals surface area contributed by atoms with E-state index in [1.807, 2.05) is 11.4 Å². The van der Waals surface area contributed by atoms with Gasteiger partial charge in [-0.1, -0.05) is 15.9 Å². The summed E-state index contributed by atoms with van der Waals surface area (Å²) in [7, 11) is 0. The van der Waals surface area contributed by atoms with Gasteiger partial charge in [0, 0.05) is 37.9 Å². The molecule has 0 aliphatic rings. The van der Waals surface area contributed by atoms with E-state index in [4.69, 9.17) is 0 Å². The maximum atomic E-state index is 12.3. The van der Waals surface area contributed by atoms with Crippen molar-refractivity contribution in [3.8, 4) is 5.75 Å². The topological polar surface area (TPSA) is 21.3 Å². The van der Waals surface area contributed by atoms with Crippen LogP contribution in [0.25, 0.3) is 0 Å². The summed E-state index contributed by atoms with van der Waals surface area (Å²) in [4.78, 5) is 1.17. The molecule has 2 rings (SSSR count). The van der Waals surface area contributed by atoms with Gasteiger partial charge < -0.3 is 10.1 Å². The predicted molar refractivity (Wildman–Crippen MR) is 83.3 cm³/mol. The first-order valence-electron chi connectivity index (χ1n) is 5.71. The number of hydrogen-bond acceptors (Lipinski definition) is 3. The lowest BCUT2D eigenvalue weighted by molar-refractivity contribution is -0.0505. The van der Waals surface area contributed by atoms with Crippen LogP contribution >= 0.6 is 43.2 Å². The summed E-state index contributed by atoms with van der Waals surface area (Å²) in [5.74, 6) is 0.197. The van der Waals surface area contributed by atoms with Gasteiger partial charge in [0.15, 0.2) is 0 Å².